The third-order valence-corrected chi connectivity index (χ3v) is 4.44. The van der Waals surface area contributed by atoms with Crippen LogP contribution in [0.4, 0.5) is 0 Å². The van der Waals surface area contributed by atoms with Gasteiger partial charge in [-0.25, -0.2) is 0 Å². The van der Waals surface area contributed by atoms with E-state index in [-0.39, 0.29) is 11.8 Å². The molecule has 0 bridgehead atoms. The molecule has 6 nitrogen and oxygen atoms in total. The second-order valence-electron chi connectivity index (χ2n) is 6.35. The van der Waals surface area contributed by atoms with E-state index in [2.05, 4.69) is 5.32 Å². The minimum absolute atomic E-state index is 0.118. The summed E-state index contributed by atoms with van der Waals surface area (Å²) in [6, 6.07) is 5.48. The Morgan fingerprint density at radius 2 is 2.12 bits per heavy atom. The molecule has 1 unspecified atom stereocenters. The number of hydrogen-bond donors (Lipinski definition) is 2. The lowest BCUT2D eigenvalue weighted by atomic mass is 9.92. The average molecular weight is 350 g/mol. The molecule has 1 saturated heterocycles. The fourth-order valence-corrected chi connectivity index (χ4v) is 2.89. The smallest absolute Gasteiger partial charge is 0.237 e. The van der Waals surface area contributed by atoms with Crippen LogP contribution in [0.5, 0.6) is 5.75 Å². The highest BCUT2D eigenvalue weighted by Gasteiger charge is 2.26. The Kier molecular flexibility index (Phi) is 8.18. The number of aryl methyl sites for hydroxylation is 1. The number of nitrogens with two attached hydrogens (primary N) is 1. The van der Waals surface area contributed by atoms with Crippen molar-refractivity contribution in [1.82, 2.24) is 5.32 Å². The Balaban J connectivity index is 1.89. The van der Waals surface area contributed by atoms with Crippen LogP contribution >= 0.6 is 0 Å². The molecule has 1 aliphatic rings. The van der Waals surface area contributed by atoms with Crippen LogP contribution in [0.15, 0.2) is 18.2 Å². The average Bonchev–Trinajstić information content (AvgIpc) is 2.64. The lowest BCUT2D eigenvalue weighted by Crippen LogP contribution is -2.46. The number of amides is 1. The number of carbonyl (C=O) groups excluding carboxylic acids is 1. The monoisotopic (exact) mass is 350 g/mol. The Hall–Kier alpha value is -1.63. The highest BCUT2D eigenvalue weighted by Crippen LogP contribution is 2.21. The first-order valence-corrected chi connectivity index (χ1v) is 9.03. The van der Waals surface area contributed by atoms with Gasteiger partial charge in [0.1, 0.15) is 12.4 Å². The molecule has 3 N–H and O–H groups in total. The Bertz CT molecular complexity index is 544. The SMILES string of the molecule is CCOCCOc1cc(C)ccc1CNC(=O)C(N)C1CCOCC1. The summed E-state index contributed by atoms with van der Waals surface area (Å²) in [5.74, 6) is 0.848. The van der Waals surface area contributed by atoms with Crippen molar-refractivity contribution in [2.24, 2.45) is 11.7 Å². The van der Waals surface area contributed by atoms with E-state index < -0.39 is 6.04 Å². The summed E-state index contributed by atoms with van der Waals surface area (Å²) in [4.78, 5) is 12.4. The third kappa shape index (κ3) is 6.30. The van der Waals surface area contributed by atoms with Crippen LogP contribution in [0.2, 0.25) is 0 Å². The maximum Gasteiger partial charge on any atom is 0.237 e. The van der Waals surface area contributed by atoms with Gasteiger partial charge in [0, 0.05) is 31.9 Å². The van der Waals surface area contributed by atoms with Gasteiger partial charge in [0.05, 0.1) is 12.6 Å². The first kappa shape index (κ1) is 19.7. The topological polar surface area (TPSA) is 82.8 Å². The zero-order valence-electron chi connectivity index (χ0n) is 15.3. The van der Waals surface area contributed by atoms with Crippen LogP contribution in [0.1, 0.15) is 30.9 Å². The summed E-state index contributed by atoms with van der Waals surface area (Å²) in [5, 5.41) is 2.94. The Morgan fingerprint density at radius 1 is 1.36 bits per heavy atom. The summed E-state index contributed by atoms with van der Waals surface area (Å²) >= 11 is 0. The molecule has 1 atom stereocenters. The largest absolute Gasteiger partial charge is 0.491 e. The zero-order valence-corrected chi connectivity index (χ0v) is 15.3. The summed E-state index contributed by atoms with van der Waals surface area (Å²) < 4.78 is 16.4. The molecule has 1 aliphatic heterocycles. The highest BCUT2D eigenvalue weighted by atomic mass is 16.5. The predicted molar refractivity (Wildman–Crippen MR) is 96.5 cm³/mol. The van der Waals surface area contributed by atoms with E-state index in [1.807, 2.05) is 32.0 Å². The molecule has 0 aromatic heterocycles. The predicted octanol–water partition coefficient (Wildman–Crippen LogP) is 1.78. The van der Waals surface area contributed by atoms with Gasteiger partial charge < -0.3 is 25.3 Å². The van der Waals surface area contributed by atoms with E-state index in [1.165, 1.54) is 0 Å². The van der Waals surface area contributed by atoms with Crippen LogP contribution in [0.3, 0.4) is 0 Å². The van der Waals surface area contributed by atoms with E-state index >= 15 is 0 Å². The first-order valence-electron chi connectivity index (χ1n) is 9.03. The molecule has 25 heavy (non-hydrogen) atoms. The molecule has 6 heteroatoms. The molecular weight excluding hydrogens is 320 g/mol. The molecule has 1 heterocycles. The van der Waals surface area contributed by atoms with Crippen molar-refractivity contribution in [3.63, 3.8) is 0 Å². The first-order chi connectivity index (χ1) is 12.1. The normalized spacial score (nSPS) is 16.4. The maximum absolute atomic E-state index is 12.4. The molecule has 0 saturated carbocycles. The quantitative estimate of drug-likeness (QED) is 0.664. The van der Waals surface area contributed by atoms with Gasteiger partial charge in [-0.2, -0.15) is 0 Å². The number of carbonyl (C=O) groups is 1. The van der Waals surface area contributed by atoms with Crippen LogP contribution < -0.4 is 15.8 Å². The standard InChI is InChI=1S/C19H30N2O4/c1-3-23-10-11-25-17-12-14(2)4-5-16(17)13-21-19(22)18(20)15-6-8-24-9-7-15/h4-5,12,15,18H,3,6-11,13,20H2,1-2H3,(H,21,22). The number of hydrogen-bond acceptors (Lipinski definition) is 5. The van der Waals surface area contributed by atoms with Gasteiger partial charge in [0.2, 0.25) is 5.91 Å². The molecular formula is C19H30N2O4. The number of benzene rings is 1. The molecule has 140 valence electrons. The Morgan fingerprint density at radius 3 is 2.84 bits per heavy atom. The van der Waals surface area contributed by atoms with Gasteiger partial charge in [-0.05, 0) is 44.2 Å². The summed E-state index contributed by atoms with van der Waals surface area (Å²) in [5.41, 5.74) is 8.17. The van der Waals surface area contributed by atoms with Gasteiger partial charge in [-0.15, -0.1) is 0 Å². The van der Waals surface area contributed by atoms with Gasteiger partial charge in [-0.3, -0.25) is 4.79 Å². The lowest BCUT2D eigenvalue weighted by Gasteiger charge is -2.26. The molecule has 2 rings (SSSR count). The molecule has 1 fully saturated rings. The summed E-state index contributed by atoms with van der Waals surface area (Å²) in [6.07, 6.45) is 1.68. The summed E-state index contributed by atoms with van der Waals surface area (Å²) in [6.45, 7) is 7.44. The van der Waals surface area contributed by atoms with Crippen molar-refractivity contribution in [1.29, 1.82) is 0 Å². The van der Waals surface area contributed by atoms with E-state index in [0.717, 1.165) is 29.7 Å². The number of ether oxygens (including phenoxy) is 3. The van der Waals surface area contributed by atoms with Crippen LogP contribution in [0.25, 0.3) is 0 Å². The zero-order chi connectivity index (χ0) is 18.1. The van der Waals surface area contributed by atoms with E-state index in [9.17, 15) is 4.79 Å². The van der Waals surface area contributed by atoms with Crippen molar-refractivity contribution in [3.05, 3.63) is 29.3 Å². The van der Waals surface area contributed by atoms with E-state index in [1.54, 1.807) is 0 Å². The van der Waals surface area contributed by atoms with Crippen molar-refractivity contribution in [3.8, 4) is 5.75 Å². The van der Waals surface area contributed by atoms with Crippen LogP contribution in [-0.4, -0.2) is 45.0 Å². The van der Waals surface area contributed by atoms with Gasteiger partial charge in [0.15, 0.2) is 0 Å². The van der Waals surface area contributed by atoms with E-state index in [0.29, 0.717) is 39.6 Å². The van der Waals surface area contributed by atoms with Gasteiger partial charge >= 0.3 is 0 Å². The second kappa shape index (κ2) is 10.4. The van der Waals surface area contributed by atoms with Crippen LogP contribution in [0, 0.1) is 12.8 Å². The van der Waals surface area contributed by atoms with Gasteiger partial charge in [0.25, 0.3) is 0 Å². The van der Waals surface area contributed by atoms with Crippen molar-refractivity contribution < 1.29 is 19.0 Å². The number of rotatable bonds is 9. The molecule has 1 aromatic carbocycles. The fourth-order valence-electron chi connectivity index (χ4n) is 2.89. The molecule has 0 radical (unpaired) electrons. The fraction of sp³-hybridized carbons (Fsp3) is 0.632. The van der Waals surface area contributed by atoms with Gasteiger partial charge in [-0.1, -0.05) is 12.1 Å². The summed E-state index contributed by atoms with van der Waals surface area (Å²) in [7, 11) is 0. The molecule has 1 amide bonds. The molecule has 0 aliphatic carbocycles. The van der Waals surface area contributed by atoms with Crippen molar-refractivity contribution in [2.45, 2.75) is 39.3 Å². The molecule has 1 aromatic rings. The van der Waals surface area contributed by atoms with Crippen LogP contribution in [-0.2, 0) is 20.8 Å². The minimum atomic E-state index is -0.489. The molecule has 0 spiro atoms. The highest BCUT2D eigenvalue weighted by molar-refractivity contribution is 5.81. The van der Waals surface area contributed by atoms with Crippen molar-refractivity contribution >= 4 is 5.91 Å². The van der Waals surface area contributed by atoms with Crippen molar-refractivity contribution in [2.75, 3.05) is 33.0 Å². The minimum Gasteiger partial charge on any atom is -0.491 e. The lowest BCUT2D eigenvalue weighted by molar-refractivity contribution is -0.124. The Labute approximate surface area is 150 Å². The maximum atomic E-state index is 12.4. The number of nitrogens with one attached hydrogen (secondary N) is 1. The van der Waals surface area contributed by atoms with E-state index in [4.69, 9.17) is 19.9 Å². The third-order valence-electron chi connectivity index (χ3n) is 4.44. The second-order valence-corrected chi connectivity index (χ2v) is 6.35.